The number of benzene rings is 2. The lowest BCUT2D eigenvalue weighted by Crippen LogP contribution is -2.40. The molecule has 0 aliphatic carbocycles. The summed E-state index contributed by atoms with van der Waals surface area (Å²) in [6.07, 6.45) is 1.57. The van der Waals surface area contributed by atoms with Gasteiger partial charge in [0, 0.05) is 14.5 Å². The number of fused-ring (bicyclic) bond motifs is 1. The fraction of sp³-hybridized carbons (Fsp3) is 0.269. The molecular weight excluding hydrogens is 644 g/mol. The first kappa shape index (κ1) is 27.9. The highest BCUT2D eigenvalue weighted by Gasteiger charge is 2.35. The minimum Gasteiger partial charge on any atom is -0.504 e. The topological polar surface area (TPSA) is 109 Å². The molecule has 4 rings (SSSR count). The lowest BCUT2D eigenvalue weighted by atomic mass is 9.95. The largest absolute Gasteiger partial charge is 0.504 e. The van der Waals surface area contributed by atoms with Crippen LogP contribution in [0.3, 0.4) is 0 Å². The number of thiazole rings is 1. The van der Waals surface area contributed by atoms with Crippen LogP contribution in [0.25, 0.3) is 6.08 Å². The van der Waals surface area contributed by atoms with Crippen molar-refractivity contribution in [3.63, 3.8) is 0 Å². The third kappa shape index (κ3) is 4.99. The number of phenols is 1. The maximum absolute atomic E-state index is 13.9. The van der Waals surface area contributed by atoms with E-state index in [-0.39, 0.29) is 23.7 Å². The molecule has 0 spiro atoms. The monoisotopic (exact) mass is 666 g/mol. The van der Waals surface area contributed by atoms with Gasteiger partial charge in [-0.3, -0.25) is 9.36 Å². The highest BCUT2D eigenvalue weighted by molar-refractivity contribution is 9.10. The molecular formula is C26H24Br2N2O7S. The van der Waals surface area contributed by atoms with Gasteiger partial charge in [-0.25, -0.2) is 9.79 Å². The fourth-order valence-corrected chi connectivity index (χ4v) is 6.20. The van der Waals surface area contributed by atoms with E-state index in [1.807, 2.05) is 0 Å². The number of phenolic OH excluding ortho intramolecular Hbond substituents is 1. The summed E-state index contributed by atoms with van der Waals surface area (Å²) in [4.78, 5) is 32.0. The number of aromatic nitrogens is 1. The van der Waals surface area contributed by atoms with Gasteiger partial charge in [0.15, 0.2) is 27.8 Å². The van der Waals surface area contributed by atoms with Crippen LogP contribution in [-0.4, -0.2) is 43.6 Å². The highest BCUT2D eigenvalue weighted by Crippen LogP contribution is 2.41. The van der Waals surface area contributed by atoms with Gasteiger partial charge in [0.2, 0.25) is 0 Å². The van der Waals surface area contributed by atoms with Crippen LogP contribution in [0, 0.1) is 0 Å². The summed E-state index contributed by atoms with van der Waals surface area (Å²) < 4.78 is 24.5. The summed E-state index contributed by atoms with van der Waals surface area (Å²) in [5, 5.41) is 10.7. The molecule has 0 saturated heterocycles. The molecule has 9 nitrogen and oxygen atoms in total. The van der Waals surface area contributed by atoms with Crippen LogP contribution in [-0.2, 0) is 9.53 Å². The van der Waals surface area contributed by atoms with Crippen LogP contribution in [0.4, 0.5) is 0 Å². The van der Waals surface area contributed by atoms with Gasteiger partial charge in [0.1, 0.15) is 0 Å². The molecule has 200 valence electrons. The Morgan fingerprint density at radius 3 is 2.39 bits per heavy atom. The third-order valence-corrected chi connectivity index (χ3v) is 8.02. The molecule has 2 heterocycles. The van der Waals surface area contributed by atoms with Crippen molar-refractivity contribution in [2.24, 2.45) is 4.99 Å². The lowest BCUT2D eigenvalue weighted by molar-refractivity contribution is -0.139. The quantitative estimate of drug-likeness (QED) is 0.379. The van der Waals surface area contributed by atoms with Crippen molar-refractivity contribution in [3.05, 3.63) is 75.3 Å². The van der Waals surface area contributed by atoms with Crippen LogP contribution in [0.15, 0.2) is 54.3 Å². The van der Waals surface area contributed by atoms with Gasteiger partial charge in [-0.2, -0.15) is 0 Å². The van der Waals surface area contributed by atoms with Crippen molar-refractivity contribution < 1.29 is 28.8 Å². The minimum absolute atomic E-state index is 0.107. The molecule has 0 bridgehead atoms. The normalized spacial score (nSPS) is 15.1. The number of hydrogen-bond donors (Lipinski definition) is 1. The van der Waals surface area contributed by atoms with Gasteiger partial charge in [-0.05, 0) is 49.8 Å². The maximum atomic E-state index is 13.9. The Hall–Kier alpha value is -3.09. The Labute approximate surface area is 238 Å². The van der Waals surface area contributed by atoms with Gasteiger partial charge < -0.3 is 24.1 Å². The molecule has 0 radical (unpaired) electrons. The van der Waals surface area contributed by atoms with Crippen LogP contribution in [0.5, 0.6) is 23.0 Å². The van der Waals surface area contributed by atoms with E-state index in [4.69, 9.17) is 18.9 Å². The predicted molar refractivity (Wildman–Crippen MR) is 150 cm³/mol. The first-order valence-electron chi connectivity index (χ1n) is 11.3. The van der Waals surface area contributed by atoms with E-state index in [1.165, 1.54) is 25.9 Å². The standard InChI is InChI=1S/C26H24Br2N2O7S/c1-6-37-25(33)21-12(2)29-26-30(22(21)15-10-17(34-3)18(35-4)11-16(15)28)24(32)20(38-26)8-13-7-14(27)9-19(36-5)23(13)31/h7-11,22,31H,6H2,1-5H3/b20-8-/t22-/m1/s1. The Kier molecular flexibility index (Phi) is 8.34. The van der Waals surface area contributed by atoms with E-state index in [9.17, 15) is 14.7 Å². The van der Waals surface area contributed by atoms with Crippen LogP contribution >= 0.6 is 43.2 Å². The second kappa shape index (κ2) is 11.3. The summed E-state index contributed by atoms with van der Waals surface area (Å²) >= 11 is 8.12. The van der Waals surface area contributed by atoms with E-state index >= 15 is 0 Å². The molecule has 0 unspecified atom stereocenters. The zero-order valence-corrected chi connectivity index (χ0v) is 25.1. The van der Waals surface area contributed by atoms with Crippen molar-refractivity contribution >= 4 is 55.2 Å². The molecule has 0 amide bonds. The molecule has 38 heavy (non-hydrogen) atoms. The number of aromatic hydroxyl groups is 1. The molecule has 1 atom stereocenters. The SMILES string of the molecule is CCOC(=O)C1=C(C)N=c2s/c(=C\c3cc(Br)cc(OC)c3O)c(=O)n2[C@@H]1c1cc(OC)c(OC)cc1Br. The van der Waals surface area contributed by atoms with Gasteiger partial charge in [0.05, 0.1) is 49.8 Å². The Balaban J connectivity index is 2.03. The average Bonchev–Trinajstić information content (AvgIpc) is 3.19. The molecule has 0 saturated carbocycles. The Morgan fingerprint density at radius 1 is 1.11 bits per heavy atom. The number of nitrogens with zero attached hydrogens (tertiary/aromatic N) is 2. The minimum atomic E-state index is -0.868. The van der Waals surface area contributed by atoms with Gasteiger partial charge in [0.25, 0.3) is 5.56 Å². The summed E-state index contributed by atoms with van der Waals surface area (Å²) in [5.74, 6) is 0.476. The Morgan fingerprint density at radius 2 is 1.76 bits per heavy atom. The lowest BCUT2D eigenvalue weighted by Gasteiger charge is -2.26. The number of rotatable bonds is 7. The molecule has 0 fully saturated rings. The van der Waals surface area contributed by atoms with Gasteiger partial charge >= 0.3 is 5.97 Å². The molecule has 1 aromatic heterocycles. The molecule has 1 aliphatic rings. The number of hydrogen-bond acceptors (Lipinski definition) is 9. The number of ether oxygens (including phenoxy) is 4. The van der Waals surface area contributed by atoms with E-state index in [0.717, 1.165) is 11.3 Å². The summed E-state index contributed by atoms with van der Waals surface area (Å²) in [7, 11) is 4.47. The van der Waals surface area contributed by atoms with E-state index in [2.05, 4.69) is 36.9 Å². The first-order valence-corrected chi connectivity index (χ1v) is 13.7. The second-order valence-electron chi connectivity index (χ2n) is 8.08. The maximum Gasteiger partial charge on any atom is 0.338 e. The van der Waals surface area contributed by atoms with Crippen molar-refractivity contribution in [2.45, 2.75) is 19.9 Å². The summed E-state index contributed by atoms with van der Waals surface area (Å²) in [6.45, 7) is 3.57. The van der Waals surface area contributed by atoms with Gasteiger partial charge in [-0.1, -0.05) is 43.2 Å². The fourth-order valence-electron chi connectivity index (χ4n) is 4.17. The molecule has 1 N–H and O–H groups in total. The summed E-state index contributed by atoms with van der Waals surface area (Å²) in [5.41, 5.74) is 1.22. The first-order chi connectivity index (χ1) is 18.1. The second-order valence-corrected chi connectivity index (χ2v) is 10.9. The van der Waals surface area contributed by atoms with Crippen molar-refractivity contribution in [1.29, 1.82) is 0 Å². The third-order valence-electron chi connectivity index (χ3n) is 5.89. The summed E-state index contributed by atoms with van der Waals surface area (Å²) in [6, 6.07) is 5.86. The van der Waals surface area contributed by atoms with Crippen molar-refractivity contribution in [1.82, 2.24) is 4.57 Å². The van der Waals surface area contributed by atoms with E-state index in [1.54, 1.807) is 44.2 Å². The molecule has 1 aliphatic heterocycles. The van der Waals surface area contributed by atoms with E-state index < -0.39 is 17.6 Å². The predicted octanol–water partition coefficient (Wildman–Crippen LogP) is 4.05. The van der Waals surface area contributed by atoms with Gasteiger partial charge in [-0.15, -0.1) is 0 Å². The van der Waals surface area contributed by atoms with E-state index in [0.29, 0.717) is 46.6 Å². The number of methoxy groups -OCH3 is 3. The zero-order valence-electron chi connectivity index (χ0n) is 21.1. The molecule has 12 heteroatoms. The zero-order chi connectivity index (χ0) is 27.7. The van der Waals surface area contributed by atoms with Crippen molar-refractivity contribution in [2.75, 3.05) is 27.9 Å². The van der Waals surface area contributed by atoms with Crippen LogP contribution in [0.2, 0.25) is 0 Å². The number of allylic oxidation sites excluding steroid dienone is 1. The molecule has 3 aromatic rings. The number of esters is 1. The molecule has 2 aromatic carbocycles. The number of carbonyl (C=O) groups is 1. The number of halogens is 2. The highest BCUT2D eigenvalue weighted by atomic mass is 79.9. The van der Waals surface area contributed by atoms with Crippen molar-refractivity contribution in [3.8, 4) is 23.0 Å². The number of carbonyl (C=O) groups excluding carboxylic acids is 1. The van der Waals surface area contributed by atoms with Crippen LogP contribution < -0.4 is 29.1 Å². The van der Waals surface area contributed by atoms with Crippen LogP contribution in [0.1, 0.15) is 31.0 Å². The Bertz CT molecular complexity index is 1640. The smallest absolute Gasteiger partial charge is 0.338 e. The average molecular weight is 668 g/mol.